The third-order valence-corrected chi connectivity index (χ3v) is 5.89. The van der Waals surface area contributed by atoms with Crippen LogP contribution in [-0.2, 0) is 6.54 Å². The van der Waals surface area contributed by atoms with Crippen LogP contribution in [0.4, 0.5) is 0 Å². The summed E-state index contributed by atoms with van der Waals surface area (Å²) in [5.41, 5.74) is 2.74. The second kappa shape index (κ2) is 4.59. The third-order valence-electron chi connectivity index (χ3n) is 5.89. The van der Waals surface area contributed by atoms with Gasteiger partial charge in [0.05, 0.1) is 0 Å². The van der Waals surface area contributed by atoms with E-state index < -0.39 is 0 Å². The SMILES string of the molecule is Cc1cnccc1CNC1C2CC3CC(C2)CC1C3. The Labute approximate surface area is 116 Å². The van der Waals surface area contributed by atoms with Gasteiger partial charge in [0.25, 0.3) is 0 Å². The van der Waals surface area contributed by atoms with Gasteiger partial charge in [-0.2, -0.15) is 0 Å². The molecular formula is C17H24N2. The standard InChI is InChI=1S/C17H24N2/c1-11-9-18-3-2-14(11)10-19-17-15-5-12-4-13(7-15)8-16(17)6-12/h2-3,9,12-13,15-17,19H,4-8,10H2,1H3. The van der Waals surface area contributed by atoms with Crippen molar-refractivity contribution >= 4 is 0 Å². The van der Waals surface area contributed by atoms with Crippen molar-refractivity contribution in [3.8, 4) is 0 Å². The molecule has 4 bridgehead atoms. The minimum Gasteiger partial charge on any atom is -0.309 e. The Balaban J connectivity index is 1.45. The van der Waals surface area contributed by atoms with Crippen LogP contribution in [0.5, 0.6) is 0 Å². The molecule has 5 rings (SSSR count). The van der Waals surface area contributed by atoms with E-state index in [0.29, 0.717) is 0 Å². The van der Waals surface area contributed by atoms with Crippen molar-refractivity contribution in [1.82, 2.24) is 10.3 Å². The molecule has 0 spiro atoms. The summed E-state index contributed by atoms with van der Waals surface area (Å²) < 4.78 is 0. The van der Waals surface area contributed by atoms with E-state index in [9.17, 15) is 0 Å². The molecule has 0 unspecified atom stereocenters. The molecule has 2 heteroatoms. The predicted octanol–water partition coefficient (Wildman–Crippen LogP) is 3.30. The van der Waals surface area contributed by atoms with Crippen LogP contribution in [0.1, 0.15) is 43.2 Å². The molecule has 1 aromatic rings. The van der Waals surface area contributed by atoms with E-state index in [1.807, 2.05) is 12.4 Å². The van der Waals surface area contributed by atoms with Gasteiger partial charge in [0.15, 0.2) is 0 Å². The van der Waals surface area contributed by atoms with Crippen molar-refractivity contribution in [2.75, 3.05) is 0 Å². The molecular weight excluding hydrogens is 232 g/mol. The second-order valence-corrected chi connectivity index (χ2v) is 7.14. The van der Waals surface area contributed by atoms with Gasteiger partial charge in [-0.1, -0.05) is 0 Å². The Bertz CT molecular complexity index is 440. The van der Waals surface area contributed by atoms with Crippen molar-refractivity contribution in [3.63, 3.8) is 0 Å². The maximum atomic E-state index is 4.18. The fourth-order valence-corrected chi connectivity index (χ4v) is 5.19. The Hall–Kier alpha value is -0.890. The Morgan fingerprint density at radius 1 is 1.11 bits per heavy atom. The fourth-order valence-electron chi connectivity index (χ4n) is 5.19. The summed E-state index contributed by atoms with van der Waals surface area (Å²) in [6.07, 6.45) is 11.4. The minimum absolute atomic E-state index is 0.792. The number of aryl methyl sites for hydroxylation is 1. The lowest BCUT2D eigenvalue weighted by Crippen LogP contribution is -2.54. The van der Waals surface area contributed by atoms with Crippen LogP contribution in [0.2, 0.25) is 0 Å². The summed E-state index contributed by atoms with van der Waals surface area (Å²) in [4.78, 5) is 4.18. The first-order chi connectivity index (χ1) is 9.29. The molecule has 4 fully saturated rings. The lowest BCUT2D eigenvalue weighted by Gasteiger charge is -2.54. The maximum Gasteiger partial charge on any atom is 0.0300 e. The van der Waals surface area contributed by atoms with Gasteiger partial charge in [0, 0.05) is 25.0 Å². The molecule has 4 saturated carbocycles. The highest BCUT2D eigenvalue weighted by Crippen LogP contribution is 2.53. The maximum absolute atomic E-state index is 4.18. The molecule has 1 aromatic heterocycles. The van der Waals surface area contributed by atoms with Crippen LogP contribution in [0.15, 0.2) is 18.5 Å². The summed E-state index contributed by atoms with van der Waals surface area (Å²) in [7, 11) is 0. The summed E-state index contributed by atoms with van der Waals surface area (Å²) in [5.74, 6) is 4.09. The Kier molecular flexibility index (Phi) is 2.87. The molecule has 102 valence electrons. The normalized spacial score (nSPS) is 39.7. The molecule has 0 radical (unpaired) electrons. The monoisotopic (exact) mass is 256 g/mol. The van der Waals surface area contributed by atoms with E-state index in [2.05, 4.69) is 23.3 Å². The van der Waals surface area contributed by atoms with Gasteiger partial charge in [-0.25, -0.2) is 0 Å². The van der Waals surface area contributed by atoms with Gasteiger partial charge in [0.1, 0.15) is 0 Å². The summed E-state index contributed by atoms with van der Waals surface area (Å²) >= 11 is 0. The Morgan fingerprint density at radius 3 is 2.42 bits per heavy atom. The lowest BCUT2D eigenvalue weighted by molar-refractivity contribution is -0.0142. The van der Waals surface area contributed by atoms with Crippen molar-refractivity contribution < 1.29 is 0 Å². The van der Waals surface area contributed by atoms with E-state index in [0.717, 1.165) is 36.3 Å². The van der Waals surface area contributed by atoms with Crippen LogP contribution in [0.3, 0.4) is 0 Å². The largest absolute Gasteiger partial charge is 0.309 e. The summed E-state index contributed by atoms with van der Waals surface area (Å²) in [6.45, 7) is 3.20. The zero-order valence-electron chi connectivity index (χ0n) is 11.8. The minimum atomic E-state index is 0.792. The van der Waals surface area contributed by atoms with Gasteiger partial charge < -0.3 is 5.32 Å². The molecule has 0 amide bonds. The zero-order chi connectivity index (χ0) is 12.8. The van der Waals surface area contributed by atoms with Gasteiger partial charge in [0.2, 0.25) is 0 Å². The first kappa shape index (κ1) is 11.9. The highest BCUT2D eigenvalue weighted by molar-refractivity contribution is 5.21. The van der Waals surface area contributed by atoms with Crippen LogP contribution in [0, 0.1) is 30.6 Å². The number of nitrogens with zero attached hydrogens (tertiary/aromatic N) is 1. The molecule has 19 heavy (non-hydrogen) atoms. The topological polar surface area (TPSA) is 24.9 Å². The van der Waals surface area contributed by atoms with Crippen LogP contribution in [0.25, 0.3) is 0 Å². The molecule has 0 aliphatic heterocycles. The van der Waals surface area contributed by atoms with E-state index in [4.69, 9.17) is 0 Å². The van der Waals surface area contributed by atoms with Crippen molar-refractivity contribution in [2.24, 2.45) is 23.7 Å². The van der Waals surface area contributed by atoms with Crippen molar-refractivity contribution in [1.29, 1.82) is 0 Å². The lowest BCUT2D eigenvalue weighted by atomic mass is 9.54. The van der Waals surface area contributed by atoms with E-state index in [1.165, 1.54) is 36.8 Å². The summed E-state index contributed by atoms with van der Waals surface area (Å²) in [6, 6.07) is 2.96. The van der Waals surface area contributed by atoms with E-state index in [-0.39, 0.29) is 0 Å². The number of aromatic nitrogens is 1. The number of nitrogens with one attached hydrogen (secondary N) is 1. The molecule has 0 atom stereocenters. The average molecular weight is 256 g/mol. The summed E-state index contributed by atoms with van der Waals surface area (Å²) in [5, 5.41) is 3.89. The molecule has 0 aromatic carbocycles. The van der Waals surface area contributed by atoms with Gasteiger partial charge in [-0.15, -0.1) is 0 Å². The zero-order valence-corrected chi connectivity index (χ0v) is 11.8. The van der Waals surface area contributed by atoms with Gasteiger partial charge in [-0.3, -0.25) is 4.98 Å². The molecule has 2 nitrogen and oxygen atoms in total. The first-order valence-electron chi connectivity index (χ1n) is 7.92. The molecule has 0 saturated heterocycles. The molecule has 1 N–H and O–H groups in total. The average Bonchev–Trinajstić information content (AvgIpc) is 2.39. The highest BCUT2D eigenvalue weighted by Gasteiger charge is 2.47. The molecule has 4 aliphatic carbocycles. The number of hydrogen-bond donors (Lipinski definition) is 1. The van der Waals surface area contributed by atoms with Crippen LogP contribution < -0.4 is 5.32 Å². The predicted molar refractivity (Wildman–Crippen MR) is 76.6 cm³/mol. The molecule has 4 aliphatic rings. The van der Waals surface area contributed by atoms with Crippen molar-refractivity contribution in [3.05, 3.63) is 29.6 Å². The number of pyridine rings is 1. The number of hydrogen-bond acceptors (Lipinski definition) is 2. The van der Waals surface area contributed by atoms with Crippen molar-refractivity contribution in [2.45, 2.75) is 51.6 Å². The first-order valence-corrected chi connectivity index (χ1v) is 7.92. The van der Waals surface area contributed by atoms with Gasteiger partial charge >= 0.3 is 0 Å². The quantitative estimate of drug-likeness (QED) is 0.897. The van der Waals surface area contributed by atoms with Crippen LogP contribution >= 0.6 is 0 Å². The van der Waals surface area contributed by atoms with Gasteiger partial charge in [-0.05, 0) is 79.9 Å². The molecule has 1 heterocycles. The fraction of sp³-hybridized carbons (Fsp3) is 0.706. The smallest absolute Gasteiger partial charge is 0.0300 e. The van der Waals surface area contributed by atoms with Crippen LogP contribution in [-0.4, -0.2) is 11.0 Å². The Morgan fingerprint density at radius 2 is 1.79 bits per heavy atom. The van der Waals surface area contributed by atoms with E-state index >= 15 is 0 Å². The van der Waals surface area contributed by atoms with E-state index in [1.54, 1.807) is 6.42 Å². The second-order valence-electron chi connectivity index (χ2n) is 7.14. The number of rotatable bonds is 3. The highest BCUT2D eigenvalue weighted by atomic mass is 14.9. The third kappa shape index (κ3) is 2.10.